The second-order valence-electron chi connectivity index (χ2n) is 8.01. The van der Waals surface area contributed by atoms with Crippen LogP contribution in [0.1, 0.15) is 17.2 Å². The molecule has 4 nitrogen and oxygen atoms in total. The lowest BCUT2D eigenvalue weighted by Gasteiger charge is -2.23. The van der Waals surface area contributed by atoms with Crippen LogP contribution in [0.25, 0.3) is 0 Å². The van der Waals surface area contributed by atoms with Crippen molar-refractivity contribution in [1.82, 2.24) is 5.32 Å². The SMILES string of the molecule is O=C1[C@H]2[C@H](C(=O)N1c1ccccc1)[C@H](c1ccc(Cl)cc1Cl)N[C@H]2Cc1ccccc1. The monoisotopic (exact) mass is 450 g/mol. The molecule has 156 valence electrons. The Morgan fingerprint density at radius 1 is 0.806 bits per heavy atom. The fourth-order valence-corrected chi connectivity index (χ4v) is 5.37. The van der Waals surface area contributed by atoms with E-state index in [4.69, 9.17) is 23.2 Å². The van der Waals surface area contributed by atoms with Crippen LogP contribution in [-0.2, 0) is 16.0 Å². The normalized spacial score (nSPS) is 25.2. The number of anilines is 1. The van der Waals surface area contributed by atoms with Crippen LogP contribution in [0.2, 0.25) is 10.0 Å². The van der Waals surface area contributed by atoms with Crippen LogP contribution in [0.15, 0.2) is 78.9 Å². The number of carbonyl (C=O) groups excluding carboxylic acids is 2. The first kappa shape index (κ1) is 20.3. The summed E-state index contributed by atoms with van der Waals surface area (Å²) in [6.07, 6.45) is 0.644. The first-order valence-corrected chi connectivity index (χ1v) is 11.0. The summed E-state index contributed by atoms with van der Waals surface area (Å²) in [5, 5.41) is 4.57. The van der Waals surface area contributed by atoms with Crippen molar-refractivity contribution >= 4 is 40.7 Å². The fourth-order valence-electron chi connectivity index (χ4n) is 4.85. The third-order valence-electron chi connectivity index (χ3n) is 6.19. The molecule has 0 aromatic heterocycles. The third-order valence-corrected chi connectivity index (χ3v) is 6.76. The van der Waals surface area contributed by atoms with Gasteiger partial charge in [0, 0.05) is 22.1 Å². The number of carbonyl (C=O) groups is 2. The summed E-state index contributed by atoms with van der Waals surface area (Å²) in [6, 6.07) is 23.8. The minimum atomic E-state index is -0.528. The van der Waals surface area contributed by atoms with Gasteiger partial charge in [0.2, 0.25) is 11.8 Å². The Hall–Kier alpha value is -2.66. The summed E-state index contributed by atoms with van der Waals surface area (Å²) in [5.41, 5.74) is 2.50. The summed E-state index contributed by atoms with van der Waals surface area (Å²) in [7, 11) is 0. The molecule has 2 heterocycles. The maximum atomic E-state index is 13.6. The first-order chi connectivity index (χ1) is 15.0. The highest BCUT2D eigenvalue weighted by atomic mass is 35.5. The van der Waals surface area contributed by atoms with E-state index in [1.54, 1.807) is 24.3 Å². The molecule has 2 amide bonds. The summed E-state index contributed by atoms with van der Waals surface area (Å²) < 4.78 is 0. The van der Waals surface area contributed by atoms with Crippen molar-refractivity contribution in [3.8, 4) is 0 Å². The number of hydrogen-bond donors (Lipinski definition) is 1. The van der Waals surface area contributed by atoms with Crippen molar-refractivity contribution in [3.05, 3.63) is 100 Å². The van der Waals surface area contributed by atoms with Gasteiger partial charge in [0.05, 0.1) is 17.5 Å². The smallest absolute Gasteiger partial charge is 0.239 e. The topological polar surface area (TPSA) is 49.4 Å². The predicted molar refractivity (Wildman–Crippen MR) is 122 cm³/mol. The molecular formula is C25H20Cl2N2O2. The number of nitrogens with zero attached hydrogens (tertiary/aromatic N) is 1. The van der Waals surface area contributed by atoms with Crippen molar-refractivity contribution < 1.29 is 9.59 Å². The van der Waals surface area contributed by atoms with Gasteiger partial charge < -0.3 is 5.32 Å². The van der Waals surface area contributed by atoms with Crippen molar-refractivity contribution in [2.24, 2.45) is 11.8 Å². The van der Waals surface area contributed by atoms with Gasteiger partial charge >= 0.3 is 0 Å². The Bertz CT molecular complexity index is 1140. The van der Waals surface area contributed by atoms with Gasteiger partial charge in [-0.05, 0) is 41.8 Å². The van der Waals surface area contributed by atoms with E-state index in [1.807, 2.05) is 54.6 Å². The molecule has 1 N–H and O–H groups in total. The van der Waals surface area contributed by atoms with Gasteiger partial charge in [-0.2, -0.15) is 0 Å². The maximum Gasteiger partial charge on any atom is 0.239 e. The quantitative estimate of drug-likeness (QED) is 0.565. The summed E-state index contributed by atoms with van der Waals surface area (Å²) in [6.45, 7) is 0. The molecule has 0 saturated carbocycles. The zero-order valence-corrected chi connectivity index (χ0v) is 18.1. The summed E-state index contributed by atoms with van der Waals surface area (Å²) in [5.74, 6) is -1.35. The number of hydrogen-bond acceptors (Lipinski definition) is 3. The third kappa shape index (κ3) is 3.55. The van der Waals surface area contributed by atoms with Gasteiger partial charge in [0.15, 0.2) is 0 Å². The highest BCUT2D eigenvalue weighted by Gasteiger charge is 2.59. The van der Waals surface area contributed by atoms with Crippen LogP contribution >= 0.6 is 23.2 Å². The van der Waals surface area contributed by atoms with Crippen LogP contribution in [0, 0.1) is 11.8 Å². The van der Waals surface area contributed by atoms with E-state index < -0.39 is 11.8 Å². The molecule has 6 heteroatoms. The number of halogens is 2. The average Bonchev–Trinajstić information content (AvgIpc) is 3.26. The van der Waals surface area contributed by atoms with Gasteiger partial charge in [0.25, 0.3) is 0 Å². The Labute approximate surface area is 190 Å². The van der Waals surface area contributed by atoms with Crippen LogP contribution in [0.5, 0.6) is 0 Å². The zero-order chi connectivity index (χ0) is 21.5. The second kappa shape index (κ2) is 8.12. The standard InChI is InChI=1S/C25H20Cl2N2O2/c26-16-11-12-18(19(27)14-16)23-22-21(20(28-23)13-15-7-3-1-4-8-15)24(30)29(25(22)31)17-9-5-2-6-10-17/h1-12,14,20-23,28H,13H2/t20-,21+,22-,23-/m0/s1. The van der Waals surface area contributed by atoms with E-state index in [9.17, 15) is 9.59 Å². The van der Waals surface area contributed by atoms with Gasteiger partial charge in [0.1, 0.15) is 0 Å². The summed E-state index contributed by atoms with van der Waals surface area (Å²) in [4.78, 5) is 28.4. The number of imide groups is 1. The molecule has 0 unspecified atom stereocenters. The Morgan fingerprint density at radius 3 is 2.13 bits per heavy atom. The highest BCUT2D eigenvalue weighted by molar-refractivity contribution is 6.35. The molecule has 0 spiro atoms. The molecule has 0 aliphatic carbocycles. The predicted octanol–water partition coefficient (Wildman–Crippen LogP) is 5.05. The van der Waals surface area contributed by atoms with Crippen molar-refractivity contribution in [2.75, 3.05) is 4.90 Å². The van der Waals surface area contributed by atoms with E-state index in [0.29, 0.717) is 22.2 Å². The second-order valence-corrected chi connectivity index (χ2v) is 8.85. The molecule has 3 aromatic carbocycles. The van der Waals surface area contributed by atoms with E-state index >= 15 is 0 Å². The maximum absolute atomic E-state index is 13.6. The fraction of sp³-hybridized carbons (Fsp3) is 0.200. The Balaban J connectivity index is 1.56. The minimum absolute atomic E-state index is 0.165. The zero-order valence-electron chi connectivity index (χ0n) is 16.5. The van der Waals surface area contributed by atoms with Crippen LogP contribution in [0.3, 0.4) is 0 Å². The number of nitrogens with one attached hydrogen (secondary N) is 1. The number of para-hydroxylation sites is 1. The molecule has 3 aromatic rings. The van der Waals surface area contributed by atoms with Crippen LogP contribution in [0.4, 0.5) is 5.69 Å². The molecule has 2 aliphatic rings. The lowest BCUT2D eigenvalue weighted by molar-refractivity contribution is -0.123. The van der Waals surface area contributed by atoms with E-state index in [0.717, 1.165) is 11.1 Å². The number of fused-ring (bicyclic) bond motifs is 1. The van der Waals surface area contributed by atoms with Crippen molar-refractivity contribution in [1.29, 1.82) is 0 Å². The molecule has 0 bridgehead atoms. The van der Waals surface area contributed by atoms with Crippen molar-refractivity contribution in [3.63, 3.8) is 0 Å². The van der Waals surface area contributed by atoms with Gasteiger partial charge in [-0.25, -0.2) is 4.90 Å². The van der Waals surface area contributed by atoms with Crippen LogP contribution < -0.4 is 10.2 Å². The molecular weight excluding hydrogens is 431 g/mol. The summed E-state index contributed by atoms with van der Waals surface area (Å²) >= 11 is 12.6. The highest BCUT2D eigenvalue weighted by Crippen LogP contribution is 2.47. The van der Waals surface area contributed by atoms with E-state index in [-0.39, 0.29) is 23.9 Å². The van der Waals surface area contributed by atoms with E-state index in [1.165, 1.54) is 4.90 Å². The number of benzene rings is 3. The molecule has 0 radical (unpaired) electrons. The largest absolute Gasteiger partial charge is 0.305 e. The molecule has 2 saturated heterocycles. The van der Waals surface area contributed by atoms with Gasteiger partial charge in [-0.1, -0.05) is 77.8 Å². The average molecular weight is 451 g/mol. The lowest BCUT2D eigenvalue weighted by atomic mass is 9.85. The molecule has 5 rings (SSSR count). The lowest BCUT2D eigenvalue weighted by Crippen LogP contribution is -2.40. The molecule has 4 atom stereocenters. The first-order valence-electron chi connectivity index (χ1n) is 10.2. The molecule has 2 fully saturated rings. The molecule has 2 aliphatic heterocycles. The Kier molecular flexibility index (Phi) is 5.30. The van der Waals surface area contributed by atoms with E-state index in [2.05, 4.69) is 5.32 Å². The number of rotatable bonds is 4. The Morgan fingerprint density at radius 2 is 1.45 bits per heavy atom. The van der Waals surface area contributed by atoms with Gasteiger partial charge in [-0.3, -0.25) is 9.59 Å². The number of amides is 2. The van der Waals surface area contributed by atoms with Gasteiger partial charge in [-0.15, -0.1) is 0 Å². The molecule has 31 heavy (non-hydrogen) atoms. The van der Waals surface area contributed by atoms with Crippen LogP contribution in [-0.4, -0.2) is 17.9 Å². The minimum Gasteiger partial charge on any atom is -0.305 e. The van der Waals surface area contributed by atoms with Crippen molar-refractivity contribution in [2.45, 2.75) is 18.5 Å².